The van der Waals surface area contributed by atoms with Crippen molar-refractivity contribution in [1.29, 1.82) is 5.26 Å². The van der Waals surface area contributed by atoms with Gasteiger partial charge in [-0.1, -0.05) is 6.07 Å². The highest BCUT2D eigenvalue weighted by molar-refractivity contribution is 7.85. The lowest BCUT2D eigenvalue weighted by Gasteiger charge is -2.31. The molecule has 0 saturated carbocycles. The minimum Gasteiger partial charge on any atom is -0.389 e. The van der Waals surface area contributed by atoms with Crippen LogP contribution in [0.15, 0.2) is 18.2 Å². The van der Waals surface area contributed by atoms with Crippen molar-refractivity contribution in [2.75, 3.05) is 29.5 Å². The number of aliphatic hydroxyl groups is 1. The summed E-state index contributed by atoms with van der Waals surface area (Å²) < 4.78 is 11.4. The standard InChI is InChI=1S/C13H16N2O2S/c1-10(16)12-3-2-11(9-14)8-13(12)15-4-6-18(17)7-5-15/h2-3,8,10,16H,4-7H2,1H3/t10-/m0/s1. The largest absolute Gasteiger partial charge is 0.389 e. The van der Waals surface area contributed by atoms with Crippen LogP contribution in [0.25, 0.3) is 0 Å². The minimum atomic E-state index is -0.728. The summed E-state index contributed by atoms with van der Waals surface area (Å²) in [5, 5.41) is 18.7. The van der Waals surface area contributed by atoms with E-state index in [1.54, 1.807) is 25.1 Å². The second kappa shape index (κ2) is 5.51. The van der Waals surface area contributed by atoms with Gasteiger partial charge in [0.15, 0.2) is 0 Å². The Hall–Kier alpha value is -1.38. The Balaban J connectivity index is 2.35. The molecule has 0 aliphatic carbocycles. The number of hydrogen-bond acceptors (Lipinski definition) is 4. The molecule has 4 nitrogen and oxygen atoms in total. The van der Waals surface area contributed by atoms with Gasteiger partial charge in [-0.3, -0.25) is 4.21 Å². The zero-order valence-electron chi connectivity index (χ0n) is 10.3. The smallest absolute Gasteiger partial charge is 0.0992 e. The topological polar surface area (TPSA) is 64.3 Å². The third-order valence-corrected chi connectivity index (χ3v) is 4.40. The monoisotopic (exact) mass is 264 g/mol. The molecule has 1 saturated heterocycles. The third kappa shape index (κ3) is 2.71. The van der Waals surface area contributed by atoms with Crippen molar-refractivity contribution < 1.29 is 9.32 Å². The number of nitrogens with zero attached hydrogens (tertiary/aromatic N) is 2. The van der Waals surface area contributed by atoms with E-state index in [0.29, 0.717) is 30.2 Å². The van der Waals surface area contributed by atoms with Gasteiger partial charge in [0.2, 0.25) is 0 Å². The second-order valence-corrected chi connectivity index (χ2v) is 6.09. The van der Waals surface area contributed by atoms with Crippen LogP contribution < -0.4 is 4.90 Å². The lowest BCUT2D eigenvalue weighted by molar-refractivity contribution is 0.199. The first-order valence-electron chi connectivity index (χ1n) is 5.94. The predicted octanol–water partition coefficient (Wildman–Crippen LogP) is 1.18. The molecule has 1 aromatic carbocycles. The highest BCUT2D eigenvalue weighted by atomic mass is 32.2. The summed E-state index contributed by atoms with van der Waals surface area (Å²) in [7, 11) is -0.728. The molecule has 0 bridgehead atoms. The van der Waals surface area contributed by atoms with Gasteiger partial charge in [0.1, 0.15) is 0 Å². The Morgan fingerprint density at radius 2 is 2.11 bits per heavy atom. The van der Waals surface area contributed by atoms with Gasteiger partial charge in [0, 0.05) is 46.6 Å². The fraction of sp³-hybridized carbons (Fsp3) is 0.462. The van der Waals surface area contributed by atoms with E-state index < -0.39 is 16.9 Å². The average Bonchev–Trinajstić information content (AvgIpc) is 2.38. The first-order chi connectivity index (χ1) is 8.61. The van der Waals surface area contributed by atoms with E-state index in [4.69, 9.17) is 5.26 Å². The van der Waals surface area contributed by atoms with Crippen LogP contribution in [0.1, 0.15) is 24.2 Å². The highest BCUT2D eigenvalue weighted by Gasteiger charge is 2.20. The number of anilines is 1. The Bertz CT molecular complexity index is 498. The fourth-order valence-corrected chi connectivity index (χ4v) is 3.17. The first kappa shape index (κ1) is 13.1. The predicted molar refractivity (Wildman–Crippen MR) is 71.9 cm³/mol. The maximum absolute atomic E-state index is 11.4. The van der Waals surface area contributed by atoms with Crippen molar-refractivity contribution in [3.05, 3.63) is 29.3 Å². The molecule has 0 unspecified atom stereocenters. The fourth-order valence-electron chi connectivity index (χ4n) is 2.12. The number of hydrogen-bond donors (Lipinski definition) is 1. The van der Waals surface area contributed by atoms with E-state index in [1.807, 2.05) is 0 Å². The molecule has 1 N–H and O–H groups in total. The summed E-state index contributed by atoms with van der Waals surface area (Å²) >= 11 is 0. The Labute approximate surface area is 109 Å². The van der Waals surface area contributed by atoms with Crippen LogP contribution in [0.3, 0.4) is 0 Å². The van der Waals surface area contributed by atoms with E-state index in [1.165, 1.54) is 0 Å². The van der Waals surface area contributed by atoms with Crippen LogP contribution in [0, 0.1) is 11.3 Å². The van der Waals surface area contributed by atoms with Crippen LogP contribution in [0.2, 0.25) is 0 Å². The van der Waals surface area contributed by atoms with Gasteiger partial charge in [-0.05, 0) is 19.1 Å². The van der Waals surface area contributed by atoms with Gasteiger partial charge in [-0.2, -0.15) is 5.26 Å². The van der Waals surface area contributed by atoms with Gasteiger partial charge in [-0.25, -0.2) is 0 Å². The van der Waals surface area contributed by atoms with Gasteiger partial charge in [0.05, 0.1) is 17.7 Å². The SMILES string of the molecule is C[C@H](O)c1ccc(C#N)cc1N1CCS(=O)CC1. The zero-order valence-corrected chi connectivity index (χ0v) is 11.1. The molecule has 1 atom stereocenters. The van der Waals surface area contributed by atoms with Crippen molar-refractivity contribution in [2.45, 2.75) is 13.0 Å². The number of aliphatic hydroxyl groups excluding tert-OH is 1. The zero-order chi connectivity index (χ0) is 13.1. The molecule has 1 aliphatic rings. The van der Waals surface area contributed by atoms with Crippen molar-refractivity contribution >= 4 is 16.5 Å². The molecule has 0 amide bonds. The van der Waals surface area contributed by atoms with Crippen molar-refractivity contribution in [2.24, 2.45) is 0 Å². The van der Waals surface area contributed by atoms with Crippen LogP contribution in [0.5, 0.6) is 0 Å². The quantitative estimate of drug-likeness (QED) is 0.871. The highest BCUT2D eigenvalue weighted by Crippen LogP contribution is 2.28. The van der Waals surface area contributed by atoms with E-state index in [0.717, 1.165) is 11.3 Å². The van der Waals surface area contributed by atoms with Crippen molar-refractivity contribution in [1.82, 2.24) is 0 Å². The Morgan fingerprint density at radius 1 is 1.44 bits per heavy atom. The molecular formula is C13H16N2O2S. The second-order valence-electron chi connectivity index (χ2n) is 4.40. The van der Waals surface area contributed by atoms with Crippen molar-refractivity contribution in [3.8, 4) is 6.07 Å². The molecule has 18 heavy (non-hydrogen) atoms. The molecule has 0 radical (unpaired) electrons. The molecule has 1 aromatic rings. The van der Waals surface area contributed by atoms with Gasteiger partial charge >= 0.3 is 0 Å². The van der Waals surface area contributed by atoms with Crippen LogP contribution >= 0.6 is 0 Å². The van der Waals surface area contributed by atoms with E-state index in [9.17, 15) is 9.32 Å². The normalized spacial score (nSPS) is 18.4. The molecule has 0 aromatic heterocycles. The lowest BCUT2D eigenvalue weighted by Crippen LogP contribution is -2.38. The molecule has 96 valence electrons. The Morgan fingerprint density at radius 3 is 2.67 bits per heavy atom. The first-order valence-corrected chi connectivity index (χ1v) is 7.42. The van der Waals surface area contributed by atoms with Crippen LogP contribution in [-0.4, -0.2) is 33.9 Å². The molecule has 1 aliphatic heterocycles. The molecule has 5 heteroatoms. The van der Waals surface area contributed by atoms with E-state index >= 15 is 0 Å². The summed E-state index contributed by atoms with van der Waals surface area (Å²) in [5.74, 6) is 1.30. The van der Waals surface area contributed by atoms with E-state index in [-0.39, 0.29) is 0 Å². The maximum Gasteiger partial charge on any atom is 0.0992 e. The maximum atomic E-state index is 11.4. The summed E-state index contributed by atoms with van der Waals surface area (Å²) in [6, 6.07) is 7.43. The average molecular weight is 264 g/mol. The molecule has 1 fully saturated rings. The summed E-state index contributed by atoms with van der Waals surface area (Å²) in [6.45, 7) is 3.13. The molecule has 0 spiro atoms. The molecule has 1 heterocycles. The van der Waals surface area contributed by atoms with Crippen molar-refractivity contribution in [3.63, 3.8) is 0 Å². The minimum absolute atomic E-state index is 0.569. The van der Waals surface area contributed by atoms with Crippen LogP contribution in [0.4, 0.5) is 5.69 Å². The number of nitriles is 1. The summed E-state index contributed by atoms with van der Waals surface area (Å²) in [4.78, 5) is 2.10. The summed E-state index contributed by atoms with van der Waals surface area (Å²) in [6.07, 6.45) is -0.569. The third-order valence-electron chi connectivity index (χ3n) is 3.13. The number of rotatable bonds is 2. The molecular weight excluding hydrogens is 248 g/mol. The number of benzene rings is 1. The van der Waals surface area contributed by atoms with Gasteiger partial charge < -0.3 is 10.0 Å². The van der Waals surface area contributed by atoms with Gasteiger partial charge in [0.25, 0.3) is 0 Å². The summed E-state index contributed by atoms with van der Waals surface area (Å²) in [5.41, 5.74) is 2.29. The Kier molecular flexibility index (Phi) is 4.00. The van der Waals surface area contributed by atoms with E-state index in [2.05, 4.69) is 11.0 Å². The van der Waals surface area contributed by atoms with Crippen LogP contribution in [-0.2, 0) is 10.8 Å². The lowest BCUT2D eigenvalue weighted by atomic mass is 10.0. The molecule has 2 rings (SSSR count). The van der Waals surface area contributed by atoms with Gasteiger partial charge in [-0.15, -0.1) is 0 Å².